The molecule has 0 aliphatic heterocycles. The van der Waals surface area contributed by atoms with Gasteiger partial charge >= 0.3 is 0 Å². The predicted molar refractivity (Wildman–Crippen MR) is 232 cm³/mol. The summed E-state index contributed by atoms with van der Waals surface area (Å²) in [5, 5.41) is 4.61. The summed E-state index contributed by atoms with van der Waals surface area (Å²) < 4.78 is 6.75. The zero-order valence-corrected chi connectivity index (χ0v) is 31.1. The van der Waals surface area contributed by atoms with Gasteiger partial charge in [-0.05, 0) is 86.1 Å². The molecule has 264 valence electrons. The van der Waals surface area contributed by atoms with Crippen molar-refractivity contribution in [2.45, 2.75) is 19.3 Å². The van der Waals surface area contributed by atoms with E-state index in [2.05, 4.69) is 184 Å². The van der Waals surface area contributed by atoms with Gasteiger partial charge < -0.3 is 4.42 Å². The summed E-state index contributed by atoms with van der Waals surface area (Å²) in [7, 11) is 0. The Hall–Kier alpha value is -7.10. The Kier molecular flexibility index (Phi) is 7.20. The van der Waals surface area contributed by atoms with Crippen LogP contribution in [-0.2, 0) is 5.41 Å². The van der Waals surface area contributed by atoms with Gasteiger partial charge in [0, 0.05) is 38.4 Å². The van der Waals surface area contributed by atoms with Gasteiger partial charge in [-0.2, -0.15) is 0 Å². The fourth-order valence-corrected chi connectivity index (χ4v) is 8.93. The van der Waals surface area contributed by atoms with E-state index in [4.69, 9.17) is 14.4 Å². The lowest BCUT2D eigenvalue weighted by atomic mass is 9.82. The number of hydrogen-bond donors (Lipinski definition) is 0. The van der Waals surface area contributed by atoms with Crippen molar-refractivity contribution in [2.24, 2.45) is 0 Å². The Morgan fingerprint density at radius 1 is 0.429 bits per heavy atom. The largest absolute Gasteiger partial charge is 0.455 e. The summed E-state index contributed by atoms with van der Waals surface area (Å²) in [5.74, 6) is 0.693. The van der Waals surface area contributed by atoms with Gasteiger partial charge in [-0.3, -0.25) is 0 Å². The fourth-order valence-electron chi connectivity index (χ4n) is 8.93. The van der Waals surface area contributed by atoms with Gasteiger partial charge in [0.05, 0.1) is 11.4 Å². The van der Waals surface area contributed by atoms with Crippen LogP contribution < -0.4 is 0 Å². The molecule has 0 radical (unpaired) electrons. The van der Waals surface area contributed by atoms with Crippen molar-refractivity contribution in [3.63, 3.8) is 0 Å². The second kappa shape index (κ2) is 12.5. The lowest BCUT2D eigenvalue weighted by Gasteiger charge is -2.21. The van der Waals surface area contributed by atoms with E-state index < -0.39 is 0 Å². The molecule has 3 heteroatoms. The summed E-state index contributed by atoms with van der Waals surface area (Å²) in [6.45, 7) is 4.65. The molecule has 0 amide bonds. The zero-order valence-electron chi connectivity index (χ0n) is 31.1. The van der Waals surface area contributed by atoms with E-state index in [-0.39, 0.29) is 5.41 Å². The summed E-state index contributed by atoms with van der Waals surface area (Å²) in [6, 6.07) is 64.7. The number of benzene rings is 8. The molecule has 8 aromatic carbocycles. The summed E-state index contributed by atoms with van der Waals surface area (Å²) >= 11 is 0. The van der Waals surface area contributed by atoms with Crippen LogP contribution >= 0.6 is 0 Å². The molecule has 0 saturated carbocycles. The van der Waals surface area contributed by atoms with Crippen molar-refractivity contribution >= 4 is 32.7 Å². The minimum Gasteiger partial charge on any atom is -0.455 e. The van der Waals surface area contributed by atoms with Crippen molar-refractivity contribution in [2.75, 3.05) is 0 Å². The zero-order chi connectivity index (χ0) is 37.4. The lowest BCUT2D eigenvalue weighted by Crippen LogP contribution is -2.14. The molecule has 1 aliphatic rings. The maximum absolute atomic E-state index is 6.75. The topological polar surface area (TPSA) is 38.9 Å². The third-order valence-electron chi connectivity index (χ3n) is 11.7. The van der Waals surface area contributed by atoms with Gasteiger partial charge in [-0.25, -0.2) is 9.97 Å². The molecule has 0 N–H and O–H groups in total. The average molecular weight is 717 g/mol. The van der Waals surface area contributed by atoms with Gasteiger partial charge in [0.15, 0.2) is 5.82 Å². The molecule has 3 nitrogen and oxygen atoms in total. The second-order valence-corrected chi connectivity index (χ2v) is 15.3. The number of hydrogen-bond acceptors (Lipinski definition) is 3. The minimum absolute atomic E-state index is 0.124. The van der Waals surface area contributed by atoms with Crippen LogP contribution in [0.2, 0.25) is 0 Å². The highest BCUT2D eigenvalue weighted by molar-refractivity contribution is 6.22. The minimum atomic E-state index is -0.124. The molecular formula is C53H36N2O. The van der Waals surface area contributed by atoms with Gasteiger partial charge in [0.1, 0.15) is 11.2 Å². The quantitative estimate of drug-likeness (QED) is 0.178. The molecule has 10 aromatic rings. The monoisotopic (exact) mass is 716 g/mol. The molecule has 0 atom stereocenters. The molecule has 0 fully saturated rings. The Morgan fingerprint density at radius 3 is 1.89 bits per heavy atom. The maximum atomic E-state index is 6.75. The van der Waals surface area contributed by atoms with Crippen LogP contribution in [-0.4, -0.2) is 9.97 Å². The van der Waals surface area contributed by atoms with E-state index in [1.807, 2.05) is 12.1 Å². The summed E-state index contributed by atoms with van der Waals surface area (Å²) in [4.78, 5) is 10.7. The number of rotatable bonds is 5. The van der Waals surface area contributed by atoms with Crippen LogP contribution in [0.15, 0.2) is 186 Å². The third-order valence-corrected chi connectivity index (χ3v) is 11.7. The Morgan fingerprint density at radius 2 is 1.05 bits per heavy atom. The van der Waals surface area contributed by atoms with E-state index in [0.29, 0.717) is 5.82 Å². The first-order chi connectivity index (χ1) is 27.5. The van der Waals surface area contributed by atoms with Crippen molar-refractivity contribution < 1.29 is 4.42 Å². The van der Waals surface area contributed by atoms with E-state index in [9.17, 15) is 0 Å². The first-order valence-corrected chi connectivity index (χ1v) is 19.2. The van der Waals surface area contributed by atoms with Crippen molar-refractivity contribution in [3.8, 4) is 67.3 Å². The van der Waals surface area contributed by atoms with Crippen LogP contribution in [0.1, 0.15) is 25.0 Å². The number of aromatic nitrogens is 2. The Balaban J connectivity index is 1.19. The molecule has 2 heterocycles. The van der Waals surface area contributed by atoms with E-state index in [1.54, 1.807) is 0 Å². The molecule has 1 aliphatic carbocycles. The predicted octanol–water partition coefficient (Wildman–Crippen LogP) is 14.2. The maximum Gasteiger partial charge on any atom is 0.160 e. The number of para-hydroxylation sites is 1. The first kappa shape index (κ1) is 32.3. The lowest BCUT2D eigenvalue weighted by molar-refractivity contribution is 0.660. The number of fused-ring (bicyclic) bond motifs is 8. The highest BCUT2D eigenvalue weighted by atomic mass is 16.3. The second-order valence-electron chi connectivity index (χ2n) is 15.3. The SMILES string of the molecule is CC1(C)c2ccccc2-c2c(-c3cc(-c4cc(-c5ccccc5)cc(-c5cc6ccccc6c6c5oc5ccccc56)c4)nc(-c4ccccc4)n3)cccc21. The van der Waals surface area contributed by atoms with Crippen LogP contribution in [0.3, 0.4) is 0 Å². The van der Waals surface area contributed by atoms with Crippen molar-refractivity contribution in [3.05, 3.63) is 193 Å². The molecule has 0 saturated heterocycles. The van der Waals surface area contributed by atoms with Crippen LogP contribution in [0.5, 0.6) is 0 Å². The normalized spacial score (nSPS) is 13.0. The highest BCUT2D eigenvalue weighted by Gasteiger charge is 2.36. The van der Waals surface area contributed by atoms with Crippen LogP contribution in [0, 0.1) is 0 Å². The fraction of sp³-hybridized carbons (Fsp3) is 0.0566. The molecule has 2 aromatic heterocycles. The van der Waals surface area contributed by atoms with Crippen LogP contribution in [0.4, 0.5) is 0 Å². The molecule has 56 heavy (non-hydrogen) atoms. The van der Waals surface area contributed by atoms with Gasteiger partial charge in [-0.15, -0.1) is 0 Å². The van der Waals surface area contributed by atoms with Crippen molar-refractivity contribution in [1.82, 2.24) is 9.97 Å². The molecule has 0 unspecified atom stereocenters. The van der Waals surface area contributed by atoms with E-state index >= 15 is 0 Å². The first-order valence-electron chi connectivity index (χ1n) is 19.2. The van der Waals surface area contributed by atoms with E-state index in [0.717, 1.165) is 72.3 Å². The molecular weight excluding hydrogens is 681 g/mol. The highest BCUT2D eigenvalue weighted by Crippen LogP contribution is 2.52. The Labute approximate surface area is 325 Å². The number of furan rings is 1. The molecule has 11 rings (SSSR count). The smallest absolute Gasteiger partial charge is 0.160 e. The van der Waals surface area contributed by atoms with E-state index in [1.165, 1.54) is 33.0 Å². The average Bonchev–Trinajstić information content (AvgIpc) is 3.76. The number of nitrogens with zero attached hydrogens (tertiary/aromatic N) is 2. The third kappa shape index (κ3) is 5.05. The molecule has 0 spiro atoms. The van der Waals surface area contributed by atoms with Crippen LogP contribution in [0.25, 0.3) is 100.0 Å². The summed E-state index contributed by atoms with van der Waals surface area (Å²) in [6.07, 6.45) is 0. The Bertz CT molecular complexity index is 3160. The van der Waals surface area contributed by atoms with Gasteiger partial charge in [0.2, 0.25) is 0 Å². The summed E-state index contributed by atoms with van der Waals surface area (Å²) in [5.41, 5.74) is 16.0. The van der Waals surface area contributed by atoms with Gasteiger partial charge in [0.25, 0.3) is 0 Å². The van der Waals surface area contributed by atoms with Crippen molar-refractivity contribution in [1.29, 1.82) is 0 Å². The molecule has 0 bridgehead atoms. The standard InChI is InChI=1S/C53H36N2O/c1-53(2)44-25-13-11-22-40(44)49-41(24-15-26-45(49)53)47-32-46(54-52(55-47)34-18-7-4-8-19-34)38-29-36(33-16-5-3-6-17-33)28-37(30-38)43-31-35-20-9-10-21-39(35)50-42-23-12-14-27-48(42)56-51(43)50/h3-32H,1-2H3. The van der Waals surface area contributed by atoms with Gasteiger partial charge in [-0.1, -0.05) is 159 Å².